The van der Waals surface area contributed by atoms with E-state index in [9.17, 15) is 0 Å². The molecule has 0 radical (unpaired) electrons. The van der Waals surface area contributed by atoms with Crippen LogP contribution in [0.3, 0.4) is 0 Å². The van der Waals surface area contributed by atoms with E-state index in [2.05, 4.69) is 55.0 Å². The van der Waals surface area contributed by atoms with Gasteiger partial charge in [0.2, 0.25) is 0 Å². The Balaban J connectivity index is 1.76. The number of fused-ring (bicyclic) bond motifs is 1. The number of nitrogens with zero attached hydrogens (tertiary/aromatic N) is 1. The fourth-order valence-electron chi connectivity index (χ4n) is 2.93. The molecule has 1 heterocycles. The van der Waals surface area contributed by atoms with Gasteiger partial charge in [0.1, 0.15) is 5.82 Å². The van der Waals surface area contributed by atoms with E-state index in [1.807, 2.05) is 0 Å². The molecule has 3 unspecified atom stereocenters. The zero-order valence-electron chi connectivity index (χ0n) is 12.5. The second kappa shape index (κ2) is 5.06. The molecule has 0 aliphatic heterocycles. The van der Waals surface area contributed by atoms with Crippen molar-refractivity contribution < 1.29 is 0 Å². The van der Waals surface area contributed by atoms with Crippen molar-refractivity contribution in [1.82, 2.24) is 9.97 Å². The highest BCUT2D eigenvalue weighted by Gasteiger charge is 2.42. The monoisotopic (exact) mass is 269 g/mol. The van der Waals surface area contributed by atoms with Gasteiger partial charge < -0.3 is 10.7 Å². The molecule has 0 amide bonds. The molecule has 1 aliphatic rings. The van der Waals surface area contributed by atoms with E-state index < -0.39 is 0 Å². The lowest BCUT2D eigenvalue weighted by molar-refractivity contribution is 0.652. The number of nitrogens with one attached hydrogen (secondary N) is 1. The number of aromatic amines is 1. The summed E-state index contributed by atoms with van der Waals surface area (Å²) in [6.45, 7) is 6.44. The summed E-state index contributed by atoms with van der Waals surface area (Å²) in [7, 11) is 0. The highest BCUT2D eigenvalue weighted by atomic mass is 14.9. The van der Waals surface area contributed by atoms with Gasteiger partial charge in [-0.1, -0.05) is 19.1 Å². The van der Waals surface area contributed by atoms with Gasteiger partial charge in [-0.25, -0.2) is 4.98 Å². The van der Waals surface area contributed by atoms with Crippen molar-refractivity contribution in [1.29, 1.82) is 0 Å². The second-order valence-corrected chi connectivity index (χ2v) is 6.03. The van der Waals surface area contributed by atoms with Crippen molar-refractivity contribution >= 4 is 16.6 Å². The lowest BCUT2D eigenvalue weighted by Crippen LogP contribution is -2.03. The van der Waals surface area contributed by atoms with Gasteiger partial charge in [0.05, 0.1) is 11.0 Å². The van der Waals surface area contributed by atoms with Crippen LogP contribution in [0.25, 0.3) is 16.6 Å². The smallest absolute Gasteiger partial charge is 0.107 e. The Hall–Kier alpha value is -1.61. The number of allylic oxidation sites excluding steroid dienone is 2. The normalized spacial score (nSPS) is 26.2. The number of hydrogen-bond donors (Lipinski definition) is 2. The molecule has 2 aromatic rings. The number of nitrogens with two attached hydrogens (primary N) is 1. The van der Waals surface area contributed by atoms with E-state index in [1.165, 1.54) is 11.1 Å². The topological polar surface area (TPSA) is 54.7 Å². The van der Waals surface area contributed by atoms with Crippen LogP contribution in [-0.4, -0.2) is 16.0 Å². The summed E-state index contributed by atoms with van der Waals surface area (Å²) < 4.78 is 0. The van der Waals surface area contributed by atoms with E-state index in [0.717, 1.165) is 29.7 Å². The van der Waals surface area contributed by atoms with Crippen molar-refractivity contribution in [3.05, 3.63) is 35.7 Å². The van der Waals surface area contributed by atoms with Crippen LogP contribution in [0.15, 0.2) is 24.3 Å². The van der Waals surface area contributed by atoms with E-state index >= 15 is 0 Å². The van der Waals surface area contributed by atoms with Crippen LogP contribution in [0.2, 0.25) is 0 Å². The van der Waals surface area contributed by atoms with Gasteiger partial charge in [-0.3, -0.25) is 0 Å². The third-order valence-corrected chi connectivity index (χ3v) is 4.77. The lowest BCUT2D eigenvalue weighted by Gasteiger charge is -1.99. The summed E-state index contributed by atoms with van der Waals surface area (Å²) in [4.78, 5) is 8.12. The van der Waals surface area contributed by atoms with E-state index in [1.54, 1.807) is 0 Å². The first kappa shape index (κ1) is 13.4. The Kier molecular flexibility index (Phi) is 3.38. The molecule has 3 atom stereocenters. The van der Waals surface area contributed by atoms with Crippen molar-refractivity contribution in [2.45, 2.75) is 39.7 Å². The average molecular weight is 269 g/mol. The Labute approximate surface area is 120 Å². The third-order valence-electron chi connectivity index (χ3n) is 4.77. The molecule has 106 valence electrons. The van der Waals surface area contributed by atoms with Gasteiger partial charge in [-0.15, -0.1) is 0 Å². The molecule has 1 saturated carbocycles. The number of imidazole rings is 1. The minimum Gasteiger partial charge on any atom is -0.342 e. The first-order valence-electron chi connectivity index (χ1n) is 7.47. The predicted octanol–water partition coefficient (Wildman–Crippen LogP) is 3.51. The molecule has 3 rings (SSSR count). The third kappa shape index (κ3) is 2.38. The second-order valence-electron chi connectivity index (χ2n) is 6.03. The van der Waals surface area contributed by atoms with Gasteiger partial charge in [0.15, 0.2) is 0 Å². The van der Waals surface area contributed by atoms with Gasteiger partial charge in [0, 0.05) is 12.5 Å². The SMILES string of the molecule is CC=C(C)c1ccc2nc(CCC3C(C)C3N)[nH]c2c1. The maximum atomic E-state index is 5.98. The van der Waals surface area contributed by atoms with E-state index in [-0.39, 0.29) is 0 Å². The fraction of sp³-hybridized carbons (Fsp3) is 0.471. The number of aromatic nitrogens is 2. The van der Waals surface area contributed by atoms with E-state index in [0.29, 0.717) is 17.9 Å². The largest absolute Gasteiger partial charge is 0.342 e. The van der Waals surface area contributed by atoms with Crippen LogP contribution in [0.4, 0.5) is 0 Å². The first-order chi connectivity index (χ1) is 9.60. The molecule has 1 aromatic heterocycles. The molecule has 1 fully saturated rings. The van der Waals surface area contributed by atoms with Crippen LogP contribution < -0.4 is 5.73 Å². The molecule has 0 spiro atoms. The molecular formula is C17H23N3. The zero-order valence-corrected chi connectivity index (χ0v) is 12.5. The van der Waals surface area contributed by atoms with Crippen molar-refractivity contribution in [2.24, 2.45) is 17.6 Å². The maximum Gasteiger partial charge on any atom is 0.107 e. The Morgan fingerprint density at radius 1 is 1.45 bits per heavy atom. The summed E-state index contributed by atoms with van der Waals surface area (Å²) in [5.41, 5.74) is 10.7. The molecule has 1 aliphatic carbocycles. The highest BCUT2D eigenvalue weighted by molar-refractivity contribution is 5.80. The Morgan fingerprint density at radius 3 is 2.85 bits per heavy atom. The molecule has 1 aromatic carbocycles. The lowest BCUT2D eigenvalue weighted by atomic mass is 10.1. The van der Waals surface area contributed by atoms with Gasteiger partial charge in [-0.05, 0) is 55.4 Å². The Morgan fingerprint density at radius 2 is 2.20 bits per heavy atom. The summed E-state index contributed by atoms with van der Waals surface area (Å²) in [5.74, 6) is 2.45. The molecule has 3 nitrogen and oxygen atoms in total. The van der Waals surface area contributed by atoms with Crippen LogP contribution in [-0.2, 0) is 6.42 Å². The van der Waals surface area contributed by atoms with Crippen LogP contribution in [0, 0.1) is 11.8 Å². The number of hydrogen-bond acceptors (Lipinski definition) is 2. The van der Waals surface area contributed by atoms with Gasteiger partial charge in [-0.2, -0.15) is 0 Å². The molecule has 20 heavy (non-hydrogen) atoms. The summed E-state index contributed by atoms with van der Waals surface area (Å²) >= 11 is 0. The zero-order chi connectivity index (χ0) is 14.3. The first-order valence-corrected chi connectivity index (χ1v) is 7.47. The predicted molar refractivity (Wildman–Crippen MR) is 84.4 cm³/mol. The maximum absolute atomic E-state index is 5.98. The molecule has 3 N–H and O–H groups in total. The van der Waals surface area contributed by atoms with Gasteiger partial charge in [0.25, 0.3) is 0 Å². The number of benzene rings is 1. The number of aryl methyl sites for hydroxylation is 1. The van der Waals surface area contributed by atoms with Crippen LogP contribution in [0.5, 0.6) is 0 Å². The quantitative estimate of drug-likeness (QED) is 0.892. The summed E-state index contributed by atoms with van der Waals surface area (Å²) in [5, 5.41) is 0. The van der Waals surface area contributed by atoms with Crippen LogP contribution in [0.1, 0.15) is 38.6 Å². The van der Waals surface area contributed by atoms with E-state index in [4.69, 9.17) is 5.73 Å². The van der Waals surface area contributed by atoms with Crippen molar-refractivity contribution in [3.8, 4) is 0 Å². The highest BCUT2D eigenvalue weighted by Crippen LogP contribution is 2.39. The van der Waals surface area contributed by atoms with Crippen LogP contribution >= 0.6 is 0 Å². The standard InChI is InChI=1S/C17H23N3/c1-4-10(2)12-5-7-14-15(9-12)20-16(19-14)8-6-13-11(3)17(13)18/h4-5,7,9,11,13,17H,6,8,18H2,1-3H3,(H,19,20). The molecular weight excluding hydrogens is 246 g/mol. The minimum absolute atomic E-state index is 0.406. The number of H-pyrrole nitrogens is 1. The number of rotatable bonds is 4. The average Bonchev–Trinajstić information content (AvgIpc) is 2.88. The Bertz CT molecular complexity index is 645. The summed E-state index contributed by atoms with van der Waals surface area (Å²) in [6.07, 6.45) is 4.27. The summed E-state index contributed by atoms with van der Waals surface area (Å²) in [6, 6.07) is 6.83. The minimum atomic E-state index is 0.406. The molecule has 3 heteroatoms. The fourth-order valence-corrected chi connectivity index (χ4v) is 2.93. The van der Waals surface area contributed by atoms with Crippen molar-refractivity contribution in [2.75, 3.05) is 0 Å². The van der Waals surface area contributed by atoms with Crippen molar-refractivity contribution in [3.63, 3.8) is 0 Å². The molecule has 0 saturated heterocycles. The van der Waals surface area contributed by atoms with Gasteiger partial charge >= 0.3 is 0 Å². The molecule has 0 bridgehead atoms.